The first-order valence-electron chi connectivity index (χ1n) is 10.3. The third-order valence-electron chi connectivity index (χ3n) is 5.64. The number of H-pyrrole nitrogens is 4. The number of ether oxygens (including phenoxy) is 2. The van der Waals surface area contributed by atoms with Crippen LogP contribution in [-0.4, -0.2) is 27.5 Å². The van der Waals surface area contributed by atoms with Crippen molar-refractivity contribution in [1.82, 2.24) is 20.4 Å². The standard InChI is InChI=1S/C24H26N4O4/c1-13-5-7-16(8-6-13)12-32-18-10-9-17(11-19(18)31-4)22(20-14(2)25-27-23(20)29)21-15(3)26-28-24(21)30/h5-11,22H,12H2,1-4H3,(H2,25,27,29)(H2,26,28,30). The Morgan fingerprint density at radius 1 is 0.781 bits per heavy atom. The highest BCUT2D eigenvalue weighted by molar-refractivity contribution is 5.51. The van der Waals surface area contributed by atoms with Crippen LogP contribution in [0.5, 0.6) is 11.5 Å². The lowest BCUT2D eigenvalue weighted by Crippen LogP contribution is -2.20. The van der Waals surface area contributed by atoms with Crippen molar-refractivity contribution < 1.29 is 9.47 Å². The summed E-state index contributed by atoms with van der Waals surface area (Å²) in [5.41, 5.74) is 4.72. The molecule has 2 aromatic heterocycles. The third-order valence-corrected chi connectivity index (χ3v) is 5.64. The van der Waals surface area contributed by atoms with E-state index in [1.807, 2.05) is 49.4 Å². The minimum atomic E-state index is -0.583. The van der Waals surface area contributed by atoms with Crippen molar-refractivity contribution in [3.05, 3.63) is 102 Å². The Labute approximate surface area is 184 Å². The number of aryl methyl sites for hydroxylation is 3. The van der Waals surface area contributed by atoms with Crippen molar-refractivity contribution in [1.29, 1.82) is 0 Å². The molecule has 0 unspecified atom stereocenters. The van der Waals surface area contributed by atoms with Crippen LogP contribution >= 0.6 is 0 Å². The van der Waals surface area contributed by atoms with Gasteiger partial charge in [0.1, 0.15) is 6.61 Å². The Bertz CT molecular complexity index is 1290. The summed E-state index contributed by atoms with van der Waals surface area (Å²) in [6, 6.07) is 13.6. The molecule has 2 heterocycles. The van der Waals surface area contributed by atoms with Gasteiger partial charge in [0.15, 0.2) is 11.5 Å². The molecular formula is C24H26N4O4. The number of methoxy groups -OCH3 is 1. The largest absolute Gasteiger partial charge is 0.493 e. The zero-order valence-corrected chi connectivity index (χ0v) is 18.5. The maximum Gasteiger partial charge on any atom is 0.268 e. The molecule has 4 rings (SSSR count). The summed E-state index contributed by atoms with van der Waals surface area (Å²) in [4.78, 5) is 25.2. The SMILES string of the molecule is COc1cc(C(c2c(C)[nH][nH]c2=O)c2c(C)[nH][nH]c2=O)ccc1OCc1ccc(C)cc1. The summed E-state index contributed by atoms with van der Waals surface area (Å²) in [6.07, 6.45) is 0. The van der Waals surface area contributed by atoms with Crippen LogP contribution in [0.25, 0.3) is 0 Å². The second-order valence-electron chi connectivity index (χ2n) is 7.85. The normalized spacial score (nSPS) is 11.2. The summed E-state index contributed by atoms with van der Waals surface area (Å²) in [5.74, 6) is 0.517. The van der Waals surface area contributed by atoms with E-state index < -0.39 is 5.92 Å². The first-order chi connectivity index (χ1) is 15.4. The number of nitrogens with one attached hydrogen (secondary N) is 4. The highest BCUT2D eigenvalue weighted by atomic mass is 16.5. The molecule has 8 heteroatoms. The van der Waals surface area contributed by atoms with Gasteiger partial charge >= 0.3 is 0 Å². The van der Waals surface area contributed by atoms with Gasteiger partial charge in [0.05, 0.1) is 18.2 Å². The number of hydrogen-bond acceptors (Lipinski definition) is 4. The van der Waals surface area contributed by atoms with E-state index in [0.717, 1.165) is 11.1 Å². The van der Waals surface area contributed by atoms with Crippen LogP contribution in [0.3, 0.4) is 0 Å². The Morgan fingerprint density at radius 3 is 1.88 bits per heavy atom. The molecule has 0 amide bonds. The summed E-state index contributed by atoms with van der Waals surface area (Å²) in [5, 5.41) is 10.9. The Morgan fingerprint density at radius 2 is 1.38 bits per heavy atom. The molecule has 166 valence electrons. The van der Waals surface area contributed by atoms with Crippen LogP contribution in [0.2, 0.25) is 0 Å². The van der Waals surface area contributed by atoms with E-state index >= 15 is 0 Å². The molecule has 0 aliphatic carbocycles. The van der Waals surface area contributed by atoms with Gasteiger partial charge in [-0.2, -0.15) is 0 Å². The quantitative estimate of drug-likeness (QED) is 0.357. The average molecular weight is 434 g/mol. The number of hydrogen-bond donors (Lipinski definition) is 4. The van der Waals surface area contributed by atoms with Crippen molar-refractivity contribution in [2.75, 3.05) is 7.11 Å². The van der Waals surface area contributed by atoms with Crippen molar-refractivity contribution in [3.8, 4) is 11.5 Å². The molecule has 0 saturated carbocycles. The fourth-order valence-electron chi connectivity index (χ4n) is 3.91. The molecule has 0 aliphatic rings. The highest BCUT2D eigenvalue weighted by Crippen LogP contribution is 2.36. The molecular weight excluding hydrogens is 408 g/mol. The van der Waals surface area contributed by atoms with Crippen LogP contribution < -0.4 is 20.6 Å². The lowest BCUT2D eigenvalue weighted by molar-refractivity contribution is 0.284. The van der Waals surface area contributed by atoms with E-state index in [0.29, 0.717) is 40.6 Å². The lowest BCUT2D eigenvalue weighted by atomic mass is 9.85. The molecule has 4 aromatic rings. The monoisotopic (exact) mass is 434 g/mol. The van der Waals surface area contributed by atoms with E-state index in [-0.39, 0.29) is 11.1 Å². The van der Waals surface area contributed by atoms with E-state index in [1.54, 1.807) is 21.0 Å². The molecule has 0 fully saturated rings. The smallest absolute Gasteiger partial charge is 0.268 e. The van der Waals surface area contributed by atoms with E-state index in [4.69, 9.17) is 9.47 Å². The molecule has 4 N–H and O–H groups in total. The van der Waals surface area contributed by atoms with Gasteiger partial charge in [-0.3, -0.25) is 19.8 Å². The maximum absolute atomic E-state index is 12.6. The van der Waals surface area contributed by atoms with Crippen molar-refractivity contribution in [3.63, 3.8) is 0 Å². The van der Waals surface area contributed by atoms with Crippen LogP contribution in [0.15, 0.2) is 52.1 Å². The zero-order valence-electron chi connectivity index (χ0n) is 18.5. The summed E-state index contributed by atoms with van der Waals surface area (Å²) < 4.78 is 11.6. The van der Waals surface area contributed by atoms with Crippen LogP contribution in [0, 0.1) is 20.8 Å². The Balaban J connectivity index is 1.74. The van der Waals surface area contributed by atoms with Gasteiger partial charge in [-0.05, 0) is 44.0 Å². The molecule has 8 nitrogen and oxygen atoms in total. The highest BCUT2D eigenvalue weighted by Gasteiger charge is 2.28. The fourth-order valence-corrected chi connectivity index (χ4v) is 3.91. The number of rotatable bonds is 7. The number of aromatic nitrogens is 4. The van der Waals surface area contributed by atoms with Crippen molar-refractivity contribution in [2.45, 2.75) is 33.3 Å². The molecule has 0 bridgehead atoms. The molecule has 32 heavy (non-hydrogen) atoms. The van der Waals surface area contributed by atoms with E-state index in [2.05, 4.69) is 20.4 Å². The van der Waals surface area contributed by atoms with Gasteiger partial charge in [0.2, 0.25) is 0 Å². The minimum Gasteiger partial charge on any atom is -0.493 e. The van der Waals surface area contributed by atoms with Gasteiger partial charge in [-0.1, -0.05) is 35.9 Å². The topological polar surface area (TPSA) is 116 Å². The van der Waals surface area contributed by atoms with E-state index in [9.17, 15) is 9.59 Å². The van der Waals surface area contributed by atoms with Gasteiger partial charge in [-0.25, -0.2) is 0 Å². The second kappa shape index (κ2) is 8.66. The molecule has 0 aliphatic heterocycles. The lowest BCUT2D eigenvalue weighted by Gasteiger charge is -2.18. The van der Waals surface area contributed by atoms with Gasteiger partial charge in [0, 0.05) is 17.3 Å². The van der Waals surface area contributed by atoms with Crippen molar-refractivity contribution in [2.24, 2.45) is 0 Å². The third kappa shape index (κ3) is 3.99. The second-order valence-corrected chi connectivity index (χ2v) is 7.85. The van der Waals surface area contributed by atoms with Crippen LogP contribution in [0.1, 0.15) is 45.1 Å². The molecule has 2 aromatic carbocycles. The van der Waals surface area contributed by atoms with Crippen LogP contribution in [-0.2, 0) is 6.61 Å². The number of aromatic amines is 4. The van der Waals surface area contributed by atoms with Gasteiger partial charge in [-0.15, -0.1) is 0 Å². The van der Waals surface area contributed by atoms with Gasteiger partial charge in [0.25, 0.3) is 11.1 Å². The predicted octanol–water partition coefficient (Wildman–Crippen LogP) is 3.41. The molecule has 0 spiro atoms. The first kappa shape index (κ1) is 21.3. The Hall–Kier alpha value is -3.94. The fraction of sp³-hybridized carbons (Fsp3) is 0.250. The summed E-state index contributed by atoms with van der Waals surface area (Å²) >= 11 is 0. The number of benzene rings is 2. The minimum absolute atomic E-state index is 0.272. The molecule has 0 atom stereocenters. The molecule has 0 saturated heterocycles. The Kier molecular flexibility index (Phi) is 5.77. The summed E-state index contributed by atoms with van der Waals surface area (Å²) in [7, 11) is 1.57. The van der Waals surface area contributed by atoms with Gasteiger partial charge < -0.3 is 19.7 Å². The predicted molar refractivity (Wildman–Crippen MR) is 122 cm³/mol. The summed E-state index contributed by atoms with van der Waals surface area (Å²) in [6.45, 7) is 6.03. The van der Waals surface area contributed by atoms with E-state index in [1.165, 1.54) is 5.56 Å². The van der Waals surface area contributed by atoms with Crippen LogP contribution in [0.4, 0.5) is 0 Å². The zero-order chi connectivity index (χ0) is 22.8. The molecule has 0 radical (unpaired) electrons. The van der Waals surface area contributed by atoms with Crippen molar-refractivity contribution >= 4 is 0 Å². The first-order valence-corrected chi connectivity index (χ1v) is 10.3. The average Bonchev–Trinajstić information content (AvgIpc) is 3.30. The maximum atomic E-state index is 12.6.